The molecule has 2 heterocycles. The fourth-order valence-electron chi connectivity index (χ4n) is 2.14. The van der Waals surface area contributed by atoms with Crippen LogP contribution in [0, 0.1) is 0 Å². The van der Waals surface area contributed by atoms with Crippen LogP contribution in [0.1, 0.15) is 10.4 Å². The van der Waals surface area contributed by atoms with Crippen molar-refractivity contribution in [1.29, 1.82) is 0 Å². The highest BCUT2D eigenvalue weighted by Crippen LogP contribution is 2.19. The predicted molar refractivity (Wildman–Crippen MR) is 71.6 cm³/mol. The van der Waals surface area contributed by atoms with E-state index in [0.717, 1.165) is 0 Å². The molecule has 2 atom stereocenters. The number of fused-ring (bicyclic) bond motifs is 1. The number of carbonyl (C=O) groups is 2. The summed E-state index contributed by atoms with van der Waals surface area (Å²) >= 11 is 0. The quantitative estimate of drug-likeness (QED) is 0.426. The number of ether oxygens (including phenoxy) is 1. The zero-order valence-electron chi connectivity index (χ0n) is 11.2. The number of carbonyl (C=O) groups excluding carboxylic acids is 2. The Morgan fingerprint density at radius 1 is 1.24 bits per heavy atom. The van der Waals surface area contributed by atoms with E-state index in [9.17, 15) is 9.59 Å². The SMILES string of the molecule is COc1ccccc1C(=O)/C=C1/NC2NONC2NC1=O. The second kappa shape index (κ2) is 5.52. The van der Waals surface area contributed by atoms with Gasteiger partial charge in [-0.3, -0.25) is 9.59 Å². The molecule has 0 aromatic heterocycles. The molecule has 2 aliphatic rings. The molecule has 4 N–H and O–H groups in total. The monoisotopic (exact) mass is 290 g/mol. The summed E-state index contributed by atoms with van der Waals surface area (Å²) in [4.78, 5) is 29.0. The molecule has 1 aromatic rings. The van der Waals surface area contributed by atoms with E-state index in [-0.39, 0.29) is 23.6 Å². The second-order valence-corrected chi connectivity index (χ2v) is 4.53. The zero-order valence-corrected chi connectivity index (χ0v) is 11.2. The molecule has 2 unspecified atom stereocenters. The number of hydroxylamine groups is 2. The fourth-order valence-corrected chi connectivity index (χ4v) is 2.14. The van der Waals surface area contributed by atoms with Gasteiger partial charge >= 0.3 is 0 Å². The van der Waals surface area contributed by atoms with E-state index >= 15 is 0 Å². The standard InChI is InChI=1S/C13H14N4O4/c1-20-10-5-3-2-4-7(10)9(18)6-8-13(19)15-12-11(14-8)16-21-17-12/h2-6,11-12,14,16-17H,1H3,(H,15,19)/b8-6+. The first kappa shape index (κ1) is 13.6. The highest BCUT2D eigenvalue weighted by molar-refractivity contribution is 6.11. The Morgan fingerprint density at radius 2 is 1.95 bits per heavy atom. The maximum atomic E-state index is 12.3. The Hall–Kier alpha value is -2.42. The van der Waals surface area contributed by atoms with Crippen molar-refractivity contribution >= 4 is 11.7 Å². The molecule has 2 fully saturated rings. The number of ketones is 1. The number of amides is 1. The van der Waals surface area contributed by atoms with Crippen molar-refractivity contribution in [2.75, 3.05) is 7.11 Å². The Kier molecular flexibility index (Phi) is 3.57. The summed E-state index contributed by atoms with van der Waals surface area (Å²) in [5.41, 5.74) is 5.75. The summed E-state index contributed by atoms with van der Waals surface area (Å²) in [6, 6.07) is 6.83. The first-order chi connectivity index (χ1) is 10.2. The number of rotatable bonds is 3. The molecular formula is C13H14N4O4. The molecule has 8 heteroatoms. The van der Waals surface area contributed by atoms with Crippen LogP contribution in [0.2, 0.25) is 0 Å². The third-order valence-corrected chi connectivity index (χ3v) is 3.20. The van der Waals surface area contributed by atoms with Crippen molar-refractivity contribution in [1.82, 2.24) is 21.6 Å². The zero-order chi connectivity index (χ0) is 14.8. The maximum Gasteiger partial charge on any atom is 0.268 e. The number of methoxy groups -OCH3 is 1. The predicted octanol–water partition coefficient (Wildman–Crippen LogP) is -0.827. The Bertz CT molecular complexity index is 616. The number of allylic oxidation sites excluding steroid dienone is 1. The number of piperazine rings is 1. The molecule has 0 bridgehead atoms. The molecule has 0 spiro atoms. The summed E-state index contributed by atoms with van der Waals surface area (Å²) in [5.74, 6) is -0.257. The smallest absolute Gasteiger partial charge is 0.268 e. The summed E-state index contributed by atoms with van der Waals surface area (Å²) < 4.78 is 5.14. The van der Waals surface area contributed by atoms with Gasteiger partial charge in [0.05, 0.1) is 12.7 Å². The lowest BCUT2D eigenvalue weighted by molar-refractivity contribution is -0.120. The van der Waals surface area contributed by atoms with Gasteiger partial charge in [-0.15, -0.1) is 0 Å². The van der Waals surface area contributed by atoms with E-state index < -0.39 is 6.17 Å². The maximum absolute atomic E-state index is 12.3. The number of hydrogen-bond donors (Lipinski definition) is 4. The number of nitrogens with one attached hydrogen (secondary N) is 4. The first-order valence-corrected chi connectivity index (χ1v) is 6.32. The van der Waals surface area contributed by atoms with Crippen molar-refractivity contribution < 1.29 is 19.3 Å². The van der Waals surface area contributed by atoms with E-state index in [0.29, 0.717) is 11.3 Å². The van der Waals surface area contributed by atoms with Gasteiger partial charge in [0.25, 0.3) is 5.91 Å². The minimum atomic E-state index is -0.393. The summed E-state index contributed by atoms with van der Waals surface area (Å²) in [6.45, 7) is 0. The van der Waals surface area contributed by atoms with E-state index in [1.165, 1.54) is 13.2 Å². The molecule has 2 aliphatic heterocycles. The molecule has 3 rings (SSSR count). The molecule has 1 amide bonds. The third-order valence-electron chi connectivity index (χ3n) is 3.20. The molecule has 0 saturated carbocycles. The van der Waals surface area contributed by atoms with Crippen LogP contribution in [0.25, 0.3) is 0 Å². The van der Waals surface area contributed by atoms with Crippen LogP contribution in [-0.2, 0) is 9.73 Å². The second-order valence-electron chi connectivity index (χ2n) is 4.53. The van der Waals surface area contributed by atoms with Crippen LogP contribution < -0.4 is 26.3 Å². The van der Waals surface area contributed by atoms with Crippen LogP contribution in [-0.4, -0.2) is 31.1 Å². The average Bonchev–Trinajstić information content (AvgIpc) is 2.94. The molecular weight excluding hydrogens is 276 g/mol. The van der Waals surface area contributed by atoms with Gasteiger partial charge in [-0.2, -0.15) is 11.0 Å². The third kappa shape index (κ3) is 2.59. The summed E-state index contributed by atoms with van der Waals surface area (Å²) in [7, 11) is 1.49. The lowest BCUT2D eigenvalue weighted by Gasteiger charge is -2.27. The van der Waals surface area contributed by atoms with Gasteiger partial charge in [0.15, 0.2) is 5.78 Å². The van der Waals surface area contributed by atoms with Gasteiger partial charge in [-0.05, 0) is 12.1 Å². The van der Waals surface area contributed by atoms with Crippen molar-refractivity contribution in [3.05, 3.63) is 41.6 Å². The van der Waals surface area contributed by atoms with Gasteiger partial charge in [0.2, 0.25) is 0 Å². The van der Waals surface area contributed by atoms with Gasteiger partial charge in [-0.25, -0.2) is 4.94 Å². The van der Waals surface area contributed by atoms with Crippen LogP contribution in [0.3, 0.4) is 0 Å². The van der Waals surface area contributed by atoms with E-state index in [4.69, 9.17) is 9.68 Å². The molecule has 1 aromatic carbocycles. The highest BCUT2D eigenvalue weighted by atomic mass is 16.8. The Labute approximate surface area is 120 Å². The topological polar surface area (TPSA) is 101 Å². The molecule has 110 valence electrons. The van der Waals surface area contributed by atoms with Crippen LogP contribution in [0.5, 0.6) is 5.75 Å². The lowest BCUT2D eigenvalue weighted by atomic mass is 10.1. The van der Waals surface area contributed by atoms with Gasteiger partial charge in [-0.1, -0.05) is 12.1 Å². The molecule has 2 saturated heterocycles. The number of para-hydroxylation sites is 1. The fraction of sp³-hybridized carbons (Fsp3) is 0.231. The number of benzene rings is 1. The Balaban J connectivity index is 1.83. The molecule has 8 nitrogen and oxygen atoms in total. The van der Waals surface area contributed by atoms with Crippen molar-refractivity contribution in [2.24, 2.45) is 0 Å². The van der Waals surface area contributed by atoms with Gasteiger partial charge in [0.1, 0.15) is 23.8 Å². The first-order valence-electron chi connectivity index (χ1n) is 6.32. The minimum Gasteiger partial charge on any atom is -0.496 e. The number of hydrogen-bond acceptors (Lipinski definition) is 7. The minimum absolute atomic E-state index is 0.159. The van der Waals surface area contributed by atoms with Crippen molar-refractivity contribution in [3.63, 3.8) is 0 Å². The van der Waals surface area contributed by atoms with Crippen LogP contribution in [0.15, 0.2) is 36.0 Å². The van der Waals surface area contributed by atoms with Crippen LogP contribution >= 0.6 is 0 Å². The lowest BCUT2D eigenvalue weighted by Crippen LogP contribution is -2.61. The van der Waals surface area contributed by atoms with E-state index in [2.05, 4.69) is 21.6 Å². The summed E-state index contributed by atoms with van der Waals surface area (Å²) in [6.07, 6.45) is 0.499. The van der Waals surface area contributed by atoms with E-state index in [1.807, 2.05) is 0 Å². The van der Waals surface area contributed by atoms with Crippen molar-refractivity contribution in [2.45, 2.75) is 12.3 Å². The molecule has 21 heavy (non-hydrogen) atoms. The average molecular weight is 290 g/mol. The molecule has 0 aliphatic carbocycles. The van der Waals surface area contributed by atoms with Crippen LogP contribution in [0.4, 0.5) is 0 Å². The normalized spacial score (nSPS) is 26.0. The largest absolute Gasteiger partial charge is 0.496 e. The highest BCUT2D eigenvalue weighted by Gasteiger charge is 2.36. The van der Waals surface area contributed by atoms with Gasteiger partial charge < -0.3 is 15.4 Å². The molecule has 0 radical (unpaired) electrons. The van der Waals surface area contributed by atoms with Gasteiger partial charge in [0, 0.05) is 6.08 Å². The summed E-state index contributed by atoms with van der Waals surface area (Å²) in [5, 5.41) is 5.55. The van der Waals surface area contributed by atoms with E-state index in [1.54, 1.807) is 24.3 Å². The van der Waals surface area contributed by atoms with Crippen molar-refractivity contribution in [3.8, 4) is 5.75 Å². The Morgan fingerprint density at radius 3 is 2.71 bits per heavy atom.